The molecule has 0 aromatic heterocycles. The molecule has 220 valence electrons. The molecular weight excluding hydrogens is 518 g/mol. The fourth-order valence-corrected chi connectivity index (χ4v) is 6.43. The van der Waals surface area contributed by atoms with E-state index in [9.17, 15) is 4.79 Å². The van der Waals surface area contributed by atoms with E-state index < -0.39 is 0 Å². The summed E-state index contributed by atoms with van der Waals surface area (Å²) in [4.78, 5) is 18.2. The first-order valence-corrected chi connectivity index (χ1v) is 14.7. The van der Waals surface area contributed by atoms with Crippen LogP contribution in [0.25, 0.3) is 10.8 Å². The van der Waals surface area contributed by atoms with Crippen LogP contribution < -0.4 is 19.5 Å². The molecule has 2 aliphatic rings. The summed E-state index contributed by atoms with van der Waals surface area (Å²) in [6.45, 7) is 6.91. The number of likely N-dealkylation sites (tertiary alicyclic amines) is 1. The molecule has 0 spiro atoms. The van der Waals surface area contributed by atoms with Crippen molar-refractivity contribution in [2.45, 2.75) is 38.4 Å². The second-order valence-corrected chi connectivity index (χ2v) is 11.0. The molecule has 2 aliphatic heterocycles. The van der Waals surface area contributed by atoms with Crippen molar-refractivity contribution in [1.29, 1.82) is 0 Å². The molecule has 1 N–H and O–H groups in total. The van der Waals surface area contributed by atoms with E-state index >= 15 is 0 Å². The highest BCUT2D eigenvalue weighted by atomic mass is 16.5. The van der Waals surface area contributed by atoms with Crippen molar-refractivity contribution in [2.24, 2.45) is 5.92 Å². The first kappa shape index (κ1) is 29.2. The topological polar surface area (TPSA) is 72.5 Å². The van der Waals surface area contributed by atoms with Gasteiger partial charge in [-0.15, -0.1) is 0 Å². The summed E-state index contributed by atoms with van der Waals surface area (Å²) < 4.78 is 22.0. The van der Waals surface area contributed by atoms with Crippen LogP contribution in [0.5, 0.6) is 17.2 Å². The molecule has 2 atom stereocenters. The van der Waals surface area contributed by atoms with Crippen LogP contribution in [0.3, 0.4) is 0 Å². The molecular formula is C33H43N3O5. The number of hydrogen-bond acceptors (Lipinski definition) is 7. The summed E-state index contributed by atoms with van der Waals surface area (Å²) in [6.07, 6.45) is 2.47. The highest BCUT2D eigenvalue weighted by Gasteiger charge is 2.34. The Kier molecular flexibility index (Phi) is 9.98. The van der Waals surface area contributed by atoms with Gasteiger partial charge in [0.15, 0.2) is 11.5 Å². The van der Waals surface area contributed by atoms with Crippen molar-refractivity contribution in [2.75, 3.05) is 60.7 Å². The Morgan fingerprint density at radius 2 is 1.68 bits per heavy atom. The molecule has 0 bridgehead atoms. The number of nitrogens with one attached hydrogen (secondary N) is 1. The second-order valence-electron chi connectivity index (χ2n) is 11.0. The normalized spacial score (nSPS) is 20.1. The van der Waals surface area contributed by atoms with Gasteiger partial charge in [0.2, 0.25) is 11.7 Å². The van der Waals surface area contributed by atoms with Crippen LogP contribution in [-0.4, -0.2) is 82.5 Å². The average molecular weight is 562 g/mol. The molecule has 3 aromatic carbocycles. The molecule has 2 saturated heterocycles. The van der Waals surface area contributed by atoms with E-state index in [4.69, 9.17) is 18.9 Å². The quantitative estimate of drug-likeness (QED) is 0.370. The van der Waals surface area contributed by atoms with Crippen molar-refractivity contribution in [3.05, 3.63) is 65.7 Å². The van der Waals surface area contributed by atoms with E-state index in [-0.39, 0.29) is 5.91 Å². The minimum atomic E-state index is 0.0608. The number of amides is 1. The molecule has 0 aliphatic carbocycles. The second kappa shape index (κ2) is 14.0. The maximum atomic E-state index is 13.0. The number of hydrogen-bond donors (Lipinski definition) is 1. The predicted octanol–water partition coefficient (Wildman–Crippen LogP) is 4.48. The lowest BCUT2D eigenvalue weighted by Crippen LogP contribution is -2.54. The number of fused-ring (bicyclic) bond motifs is 1. The summed E-state index contributed by atoms with van der Waals surface area (Å²) in [7, 11) is 4.77. The smallest absolute Gasteiger partial charge is 0.220 e. The van der Waals surface area contributed by atoms with Gasteiger partial charge in [-0.3, -0.25) is 14.6 Å². The SMILES string of the molecule is COc1cc(CNC(=O)CC[C@@H]2CN(Cc3cccc4ccccc34)CC[C@@H]2N2CCOCC2)cc(OC)c1OC. The molecule has 0 unspecified atom stereocenters. The zero-order chi connectivity index (χ0) is 28.6. The van der Waals surface area contributed by atoms with E-state index in [0.29, 0.717) is 42.2 Å². The van der Waals surface area contributed by atoms with E-state index in [0.717, 1.165) is 64.3 Å². The number of piperidine rings is 1. The lowest BCUT2D eigenvalue weighted by Gasteiger charge is -2.45. The van der Waals surface area contributed by atoms with Crippen molar-refractivity contribution < 1.29 is 23.7 Å². The van der Waals surface area contributed by atoms with Crippen LogP contribution in [-0.2, 0) is 22.6 Å². The molecule has 0 saturated carbocycles. The molecule has 1 amide bonds. The van der Waals surface area contributed by atoms with Gasteiger partial charge in [0.25, 0.3) is 0 Å². The minimum absolute atomic E-state index is 0.0608. The Morgan fingerprint density at radius 1 is 0.951 bits per heavy atom. The lowest BCUT2D eigenvalue weighted by atomic mass is 9.86. The van der Waals surface area contributed by atoms with Gasteiger partial charge in [0.1, 0.15) is 0 Å². The fraction of sp³-hybridized carbons (Fsp3) is 0.485. The monoisotopic (exact) mass is 561 g/mol. The number of morpholine rings is 1. The van der Waals surface area contributed by atoms with Gasteiger partial charge in [-0.2, -0.15) is 0 Å². The Morgan fingerprint density at radius 3 is 2.41 bits per heavy atom. The third-order valence-corrected chi connectivity index (χ3v) is 8.52. The third kappa shape index (κ3) is 7.12. The zero-order valence-electron chi connectivity index (χ0n) is 24.6. The molecule has 2 heterocycles. The van der Waals surface area contributed by atoms with Crippen LogP contribution in [0.2, 0.25) is 0 Å². The average Bonchev–Trinajstić information content (AvgIpc) is 3.02. The molecule has 0 radical (unpaired) electrons. The number of benzene rings is 3. The summed E-state index contributed by atoms with van der Waals surface area (Å²) in [6, 6.07) is 19.5. The van der Waals surface area contributed by atoms with Gasteiger partial charge in [-0.1, -0.05) is 42.5 Å². The summed E-state index contributed by atoms with van der Waals surface area (Å²) in [5, 5.41) is 5.72. The highest BCUT2D eigenvalue weighted by molar-refractivity contribution is 5.85. The lowest BCUT2D eigenvalue weighted by molar-refractivity contribution is -0.121. The van der Waals surface area contributed by atoms with E-state index in [1.165, 1.54) is 16.3 Å². The van der Waals surface area contributed by atoms with Crippen LogP contribution in [0.1, 0.15) is 30.4 Å². The molecule has 41 heavy (non-hydrogen) atoms. The first-order valence-electron chi connectivity index (χ1n) is 14.7. The largest absolute Gasteiger partial charge is 0.493 e. The fourth-order valence-electron chi connectivity index (χ4n) is 6.43. The van der Waals surface area contributed by atoms with Crippen molar-refractivity contribution >= 4 is 16.7 Å². The predicted molar refractivity (Wildman–Crippen MR) is 161 cm³/mol. The van der Waals surface area contributed by atoms with Crippen LogP contribution in [0, 0.1) is 5.92 Å². The number of rotatable bonds is 11. The molecule has 8 nitrogen and oxygen atoms in total. The maximum absolute atomic E-state index is 13.0. The summed E-state index contributed by atoms with van der Waals surface area (Å²) in [5.74, 6) is 2.19. The highest BCUT2D eigenvalue weighted by Crippen LogP contribution is 2.38. The number of carbonyl (C=O) groups excluding carboxylic acids is 1. The zero-order valence-corrected chi connectivity index (χ0v) is 24.6. The first-order chi connectivity index (χ1) is 20.1. The Hall–Kier alpha value is -3.33. The van der Waals surface area contributed by atoms with Gasteiger partial charge >= 0.3 is 0 Å². The summed E-state index contributed by atoms with van der Waals surface area (Å²) >= 11 is 0. The Bertz CT molecular complexity index is 1280. The summed E-state index contributed by atoms with van der Waals surface area (Å²) in [5.41, 5.74) is 2.27. The van der Waals surface area contributed by atoms with Gasteiger partial charge in [0, 0.05) is 45.2 Å². The van der Waals surface area contributed by atoms with Gasteiger partial charge in [0.05, 0.1) is 34.5 Å². The van der Waals surface area contributed by atoms with Crippen LogP contribution >= 0.6 is 0 Å². The molecule has 2 fully saturated rings. The van der Waals surface area contributed by atoms with E-state index in [2.05, 4.69) is 57.6 Å². The number of ether oxygens (including phenoxy) is 4. The van der Waals surface area contributed by atoms with Crippen molar-refractivity contribution in [3.63, 3.8) is 0 Å². The Balaban J connectivity index is 1.22. The van der Waals surface area contributed by atoms with E-state index in [1.807, 2.05) is 12.1 Å². The molecule has 8 heteroatoms. The minimum Gasteiger partial charge on any atom is -0.493 e. The van der Waals surface area contributed by atoms with Crippen LogP contribution in [0.15, 0.2) is 54.6 Å². The van der Waals surface area contributed by atoms with Gasteiger partial charge < -0.3 is 24.3 Å². The van der Waals surface area contributed by atoms with Gasteiger partial charge in [-0.05, 0) is 59.3 Å². The van der Waals surface area contributed by atoms with Gasteiger partial charge in [-0.25, -0.2) is 0 Å². The van der Waals surface area contributed by atoms with Crippen molar-refractivity contribution in [1.82, 2.24) is 15.1 Å². The standard InChI is InChI=1S/C33H43N3O5/c1-38-30-19-24(20-31(39-2)33(30)40-3)21-34-32(37)12-11-27-23-35(14-13-29(27)36-15-17-41-18-16-36)22-26-9-6-8-25-7-4-5-10-28(25)26/h4-10,19-20,27,29H,11-18,21-23H2,1-3H3,(H,34,37)/t27-,29+/m1/s1. The van der Waals surface area contributed by atoms with Crippen molar-refractivity contribution in [3.8, 4) is 17.2 Å². The third-order valence-electron chi connectivity index (χ3n) is 8.52. The number of methoxy groups -OCH3 is 3. The Labute approximate surface area is 243 Å². The maximum Gasteiger partial charge on any atom is 0.220 e. The number of carbonyl (C=O) groups is 1. The number of nitrogens with zero attached hydrogens (tertiary/aromatic N) is 2. The molecule has 5 rings (SSSR count). The molecule has 3 aromatic rings. The van der Waals surface area contributed by atoms with E-state index in [1.54, 1.807) is 21.3 Å². The van der Waals surface area contributed by atoms with Crippen LogP contribution in [0.4, 0.5) is 0 Å².